The Hall–Kier alpha value is -2.63. The van der Waals surface area contributed by atoms with Crippen LogP contribution in [0.25, 0.3) is 0 Å². The third-order valence-electron chi connectivity index (χ3n) is 6.08. The van der Waals surface area contributed by atoms with Crippen molar-refractivity contribution in [3.63, 3.8) is 0 Å². The molecule has 170 valence electrons. The van der Waals surface area contributed by atoms with E-state index >= 15 is 0 Å². The van der Waals surface area contributed by atoms with Crippen molar-refractivity contribution < 1.29 is 19.5 Å². The standard InChI is InChI=1S/C25H36N2O4/c1-15(2)20(14-16(3)24(30)31)27(7)23(29)21(25(4,5)6)26-22(28)19-13-12-17-10-8-9-11-18(17)19/h8-11,14-15,19-21H,12-13H2,1-7H3,(H,26,28)(H,30,31)/b16-14+/t19?,20-,21-/m1/s1. The van der Waals surface area contributed by atoms with Crippen LogP contribution in [-0.4, -0.2) is 46.9 Å². The third-order valence-corrected chi connectivity index (χ3v) is 6.08. The molecule has 6 nitrogen and oxygen atoms in total. The van der Waals surface area contributed by atoms with E-state index in [1.54, 1.807) is 18.0 Å². The van der Waals surface area contributed by atoms with E-state index in [1.165, 1.54) is 12.5 Å². The van der Waals surface area contributed by atoms with Crippen LogP contribution >= 0.6 is 0 Å². The van der Waals surface area contributed by atoms with Crippen LogP contribution in [0.2, 0.25) is 0 Å². The molecule has 0 saturated carbocycles. The fourth-order valence-electron chi connectivity index (χ4n) is 4.15. The number of hydrogen-bond donors (Lipinski definition) is 2. The number of amides is 2. The fraction of sp³-hybridized carbons (Fsp3) is 0.560. The highest BCUT2D eigenvalue weighted by Crippen LogP contribution is 2.34. The average molecular weight is 429 g/mol. The summed E-state index contributed by atoms with van der Waals surface area (Å²) in [7, 11) is 1.67. The number of carbonyl (C=O) groups is 3. The van der Waals surface area contributed by atoms with Gasteiger partial charge in [-0.3, -0.25) is 9.59 Å². The molecule has 1 aliphatic carbocycles. The van der Waals surface area contributed by atoms with Crippen LogP contribution in [0, 0.1) is 11.3 Å². The van der Waals surface area contributed by atoms with Crippen molar-refractivity contribution in [3.8, 4) is 0 Å². The predicted octanol–water partition coefficient (Wildman–Crippen LogP) is 3.76. The summed E-state index contributed by atoms with van der Waals surface area (Å²) in [5, 5.41) is 12.3. The predicted molar refractivity (Wildman–Crippen MR) is 122 cm³/mol. The summed E-state index contributed by atoms with van der Waals surface area (Å²) >= 11 is 0. The van der Waals surface area contributed by atoms with E-state index in [9.17, 15) is 19.5 Å². The number of rotatable bonds is 7. The number of nitrogens with zero attached hydrogens (tertiary/aromatic N) is 1. The van der Waals surface area contributed by atoms with Crippen molar-refractivity contribution in [1.29, 1.82) is 0 Å². The van der Waals surface area contributed by atoms with Gasteiger partial charge in [0.15, 0.2) is 0 Å². The second-order valence-electron chi connectivity index (χ2n) is 9.94. The molecule has 0 heterocycles. The molecule has 1 aromatic carbocycles. The van der Waals surface area contributed by atoms with Gasteiger partial charge in [-0.1, -0.05) is 65.0 Å². The molecule has 0 saturated heterocycles. The molecular weight excluding hydrogens is 392 g/mol. The minimum atomic E-state index is -1.01. The van der Waals surface area contributed by atoms with Gasteiger partial charge in [-0.05, 0) is 42.2 Å². The van der Waals surface area contributed by atoms with Crippen molar-refractivity contribution in [2.45, 2.75) is 72.4 Å². The third kappa shape index (κ3) is 5.75. The minimum absolute atomic E-state index is 0.0151. The maximum Gasteiger partial charge on any atom is 0.331 e. The lowest BCUT2D eigenvalue weighted by Crippen LogP contribution is -2.57. The van der Waals surface area contributed by atoms with Crippen LogP contribution in [0.3, 0.4) is 0 Å². The Morgan fingerprint density at radius 2 is 1.81 bits per heavy atom. The summed E-state index contributed by atoms with van der Waals surface area (Å²) in [5.74, 6) is -1.60. The maximum atomic E-state index is 13.5. The van der Waals surface area contributed by atoms with Crippen molar-refractivity contribution in [2.75, 3.05) is 7.05 Å². The fourth-order valence-corrected chi connectivity index (χ4v) is 4.15. The topological polar surface area (TPSA) is 86.7 Å². The molecule has 2 rings (SSSR count). The average Bonchev–Trinajstić information content (AvgIpc) is 3.11. The van der Waals surface area contributed by atoms with Crippen molar-refractivity contribution in [1.82, 2.24) is 10.2 Å². The Morgan fingerprint density at radius 3 is 2.35 bits per heavy atom. The zero-order valence-corrected chi connectivity index (χ0v) is 19.7. The van der Waals surface area contributed by atoms with Crippen LogP contribution in [0.15, 0.2) is 35.9 Å². The van der Waals surface area contributed by atoms with Gasteiger partial charge in [-0.15, -0.1) is 0 Å². The van der Waals surface area contributed by atoms with Gasteiger partial charge in [-0.2, -0.15) is 0 Å². The number of aliphatic carboxylic acids is 1. The number of hydrogen-bond acceptors (Lipinski definition) is 3. The lowest BCUT2D eigenvalue weighted by Gasteiger charge is -2.37. The highest BCUT2D eigenvalue weighted by atomic mass is 16.4. The first-order valence-corrected chi connectivity index (χ1v) is 10.9. The molecule has 3 atom stereocenters. The molecule has 2 N–H and O–H groups in total. The van der Waals surface area contributed by atoms with Crippen LogP contribution in [-0.2, 0) is 20.8 Å². The minimum Gasteiger partial charge on any atom is -0.478 e. The Labute approximate surface area is 185 Å². The zero-order valence-electron chi connectivity index (χ0n) is 19.7. The molecule has 0 aromatic heterocycles. The van der Waals surface area contributed by atoms with Gasteiger partial charge in [0.2, 0.25) is 11.8 Å². The number of aryl methyl sites for hydroxylation is 1. The Morgan fingerprint density at radius 1 is 1.19 bits per heavy atom. The van der Waals surface area contributed by atoms with Crippen molar-refractivity contribution in [3.05, 3.63) is 47.0 Å². The molecule has 1 aliphatic rings. The van der Waals surface area contributed by atoms with Crippen LogP contribution in [0.5, 0.6) is 0 Å². The monoisotopic (exact) mass is 428 g/mol. The molecule has 1 aromatic rings. The number of benzene rings is 1. The van der Waals surface area contributed by atoms with E-state index in [4.69, 9.17) is 0 Å². The van der Waals surface area contributed by atoms with Gasteiger partial charge in [0, 0.05) is 12.6 Å². The highest BCUT2D eigenvalue weighted by Gasteiger charge is 2.39. The quantitative estimate of drug-likeness (QED) is 0.648. The number of carboxylic acids is 1. The summed E-state index contributed by atoms with van der Waals surface area (Å²) in [5.41, 5.74) is 1.91. The van der Waals surface area contributed by atoms with Gasteiger partial charge < -0.3 is 15.3 Å². The summed E-state index contributed by atoms with van der Waals surface area (Å²) < 4.78 is 0. The highest BCUT2D eigenvalue weighted by molar-refractivity contribution is 5.92. The first kappa shape index (κ1) is 24.6. The lowest BCUT2D eigenvalue weighted by atomic mass is 9.84. The normalized spacial score (nSPS) is 18.3. The van der Waals surface area contributed by atoms with E-state index < -0.39 is 23.5 Å². The second-order valence-corrected chi connectivity index (χ2v) is 9.94. The van der Waals surface area contributed by atoms with E-state index in [1.807, 2.05) is 58.9 Å². The summed E-state index contributed by atoms with van der Waals surface area (Å²) in [6, 6.07) is 6.84. The molecule has 6 heteroatoms. The Balaban J connectivity index is 2.27. The maximum absolute atomic E-state index is 13.5. The number of carbonyl (C=O) groups excluding carboxylic acids is 2. The SMILES string of the molecule is C/C(=C\[C@H](C(C)C)N(C)C(=O)[C@@H](NC(=O)C1CCc2ccccc21)C(C)(C)C)C(=O)O. The Kier molecular flexibility index (Phi) is 7.68. The summed E-state index contributed by atoms with van der Waals surface area (Å²) in [6.45, 7) is 11.2. The van der Waals surface area contributed by atoms with Crippen LogP contribution in [0.4, 0.5) is 0 Å². The van der Waals surface area contributed by atoms with E-state index in [0.29, 0.717) is 0 Å². The van der Waals surface area contributed by atoms with Gasteiger partial charge in [0.25, 0.3) is 0 Å². The second kappa shape index (κ2) is 9.67. The van der Waals surface area contributed by atoms with Gasteiger partial charge >= 0.3 is 5.97 Å². The van der Waals surface area contributed by atoms with E-state index in [-0.39, 0.29) is 29.2 Å². The number of likely N-dealkylation sites (N-methyl/N-ethyl adjacent to an activating group) is 1. The van der Waals surface area contributed by atoms with Crippen molar-refractivity contribution >= 4 is 17.8 Å². The zero-order chi connectivity index (χ0) is 23.5. The summed E-state index contributed by atoms with van der Waals surface area (Å²) in [6.07, 6.45) is 3.21. The molecule has 1 unspecified atom stereocenters. The summed E-state index contributed by atoms with van der Waals surface area (Å²) in [4.78, 5) is 39.6. The van der Waals surface area contributed by atoms with Gasteiger partial charge in [-0.25, -0.2) is 4.79 Å². The van der Waals surface area contributed by atoms with Crippen molar-refractivity contribution in [2.24, 2.45) is 11.3 Å². The molecule has 0 bridgehead atoms. The van der Waals surface area contributed by atoms with Gasteiger partial charge in [0.05, 0.1) is 12.0 Å². The van der Waals surface area contributed by atoms with Crippen LogP contribution in [0.1, 0.15) is 65.0 Å². The molecule has 2 amide bonds. The van der Waals surface area contributed by atoms with Gasteiger partial charge in [0.1, 0.15) is 6.04 Å². The first-order valence-electron chi connectivity index (χ1n) is 10.9. The lowest BCUT2D eigenvalue weighted by molar-refractivity contribution is -0.140. The molecule has 0 aliphatic heterocycles. The smallest absolute Gasteiger partial charge is 0.331 e. The number of nitrogens with one attached hydrogen (secondary N) is 1. The van der Waals surface area contributed by atoms with E-state index in [2.05, 4.69) is 5.32 Å². The molecule has 0 spiro atoms. The molecule has 31 heavy (non-hydrogen) atoms. The Bertz CT molecular complexity index is 867. The molecule has 0 radical (unpaired) electrons. The number of fused-ring (bicyclic) bond motifs is 1. The van der Waals surface area contributed by atoms with Crippen LogP contribution < -0.4 is 5.32 Å². The van der Waals surface area contributed by atoms with E-state index in [0.717, 1.165) is 18.4 Å². The number of carboxylic acid groups (broad SMARTS) is 1. The first-order chi connectivity index (χ1) is 14.3. The largest absolute Gasteiger partial charge is 0.478 e. The molecular formula is C25H36N2O4. The molecule has 0 fully saturated rings.